The normalized spacial score (nSPS) is 27.8. The first kappa shape index (κ1) is 21.3. The molecule has 1 fully saturated rings. The third-order valence-electron chi connectivity index (χ3n) is 5.04. The summed E-state index contributed by atoms with van der Waals surface area (Å²) in [5, 5.41) is 9.31. The summed E-state index contributed by atoms with van der Waals surface area (Å²) in [5.41, 5.74) is 0.0737. The minimum atomic E-state index is -0.430. The molecule has 3 N–H and O–H groups in total. The molecule has 0 bridgehead atoms. The van der Waals surface area contributed by atoms with Crippen molar-refractivity contribution in [2.24, 2.45) is 5.41 Å². The number of carbonyl (C=O) groups is 2. The molecular weight excluding hydrogens is 366 g/mol. The van der Waals surface area contributed by atoms with Crippen LogP contribution in [0.25, 0.3) is 0 Å². The Hall–Kier alpha value is -2.05. The van der Waals surface area contributed by atoms with Crippen molar-refractivity contribution in [1.82, 2.24) is 16.0 Å². The summed E-state index contributed by atoms with van der Waals surface area (Å²) in [6.45, 7) is 4.28. The van der Waals surface area contributed by atoms with Gasteiger partial charge in [0.05, 0.1) is 11.0 Å². The predicted octanol–water partition coefficient (Wildman–Crippen LogP) is 2.05. The third-order valence-corrected chi connectivity index (χ3v) is 5.04. The van der Waals surface area contributed by atoms with Crippen molar-refractivity contribution in [2.45, 2.75) is 32.2 Å². The van der Waals surface area contributed by atoms with Gasteiger partial charge >= 0.3 is 0 Å². The number of rotatable bonds is 0. The number of hydrogen-bond donors (Lipinski definition) is 3. The topological polar surface area (TPSA) is 79.5 Å². The average Bonchev–Trinajstić information content (AvgIpc) is 2.66. The fourth-order valence-corrected chi connectivity index (χ4v) is 3.51. The smallest absolute Gasteiger partial charge is 0.255 e. The second-order valence-electron chi connectivity index (χ2n) is 7.13. The minimum absolute atomic E-state index is 0. The molecule has 0 aromatic heterocycles. The zero-order valence-electron chi connectivity index (χ0n) is 15.6. The highest BCUT2D eigenvalue weighted by molar-refractivity contribution is 5.97. The Morgan fingerprint density at radius 3 is 2.78 bits per heavy atom. The van der Waals surface area contributed by atoms with Crippen LogP contribution in [0.15, 0.2) is 36.4 Å². The minimum Gasteiger partial charge on any atom is -0.489 e. The summed E-state index contributed by atoms with van der Waals surface area (Å²) in [6.07, 6.45) is 6.47. The number of allylic oxidation sites excluding steroid dienone is 1. The average molecular weight is 394 g/mol. The zero-order valence-corrected chi connectivity index (χ0v) is 16.4. The number of nitrogens with one attached hydrogen (secondary N) is 3. The van der Waals surface area contributed by atoms with Crippen molar-refractivity contribution in [3.05, 3.63) is 42.0 Å². The second kappa shape index (κ2) is 9.76. The first-order chi connectivity index (χ1) is 12.6. The molecular formula is C20H28ClN3O3. The van der Waals surface area contributed by atoms with Gasteiger partial charge in [0.2, 0.25) is 5.91 Å². The molecule has 148 valence electrons. The van der Waals surface area contributed by atoms with Crippen molar-refractivity contribution in [3.63, 3.8) is 0 Å². The molecule has 7 heteroatoms. The number of benzene rings is 1. The van der Waals surface area contributed by atoms with Crippen molar-refractivity contribution >= 4 is 24.2 Å². The summed E-state index contributed by atoms with van der Waals surface area (Å²) >= 11 is 0. The lowest BCUT2D eigenvalue weighted by atomic mass is 9.76. The Bertz CT molecular complexity index is 687. The van der Waals surface area contributed by atoms with E-state index in [4.69, 9.17) is 4.74 Å². The molecule has 0 saturated carbocycles. The van der Waals surface area contributed by atoms with Gasteiger partial charge in [0.15, 0.2) is 0 Å². The van der Waals surface area contributed by atoms with E-state index in [1.54, 1.807) is 12.1 Å². The van der Waals surface area contributed by atoms with Gasteiger partial charge in [0, 0.05) is 19.1 Å². The van der Waals surface area contributed by atoms with Crippen LogP contribution < -0.4 is 20.7 Å². The second-order valence-corrected chi connectivity index (χ2v) is 7.13. The van der Waals surface area contributed by atoms with Crippen LogP contribution in [-0.4, -0.2) is 44.1 Å². The number of hydrogen-bond acceptors (Lipinski definition) is 4. The van der Waals surface area contributed by atoms with Crippen LogP contribution in [0.2, 0.25) is 0 Å². The van der Waals surface area contributed by atoms with E-state index in [0.717, 1.165) is 19.4 Å². The number of ether oxygens (including phenoxy) is 1. The fraction of sp³-hybridized carbons (Fsp3) is 0.500. The van der Waals surface area contributed by atoms with Gasteiger partial charge in [-0.15, -0.1) is 12.4 Å². The number of fused-ring (bicyclic) bond motifs is 1. The van der Waals surface area contributed by atoms with Gasteiger partial charge in [-0.05, 0) is 44.9 Å². The fourth-order valence-electron chi connectivity index (χ4n) is 3.51. The van der Waals surface area contributed by atoms with Crippen molar-refractivity contribution in [1.29, 1.82) is 0 Å². The van der Waals surface area contributed by atoms with Crippen molar-refractivity contribution in [2.75, 3.05) is 26.2 Å². The molecule has 1 aromatic rings. The summed E-state index contributed by atoms with van der Waals surface area (Å²) in [4.78, 5) is 25.4. The number of amides is 2. The Balaban J connectivity index is 0.00000261. The van der Waals surface area contributed by atoms with Gasteiger partial charge in [0.25, 0.3) is 5.91 Å². The molecule has 2 atom stereocenters. The number of carbonyl (C=O) groups excluding carboxylic acids is 2. The van der Waals surface area contributed by atoms with Crippen LogP contribution in [0.1, 0.15) is 36.5 Å². The lowest BCUT2D eigenvalue weighted by Gasteiger charge is -2.36. The maximum absolute atomic E-state index is 12.9. The van der Waals surface area contributed by atoms with E-state index in [-0.39, 0.29) is 30.3 Å². The van der Waals surface area contributed by atoms with E-state index in [1.807, 2.05) is 31.2 Å². The molecule has 2 heterocycles. The molecule has 6 nitrogen and oxygen atoms in total. The molecule has 2 aliphatic heterocycles. The number of halogens is 1. The van der Waals surface area contributed by atoms with Crippen LogP contribution in [0, 0.1) is 5.41 Å². The van der Waals surface area contributed by atoms with E-state index in [0.29, 0.717) is 37.4 Å². The maximum Gasteiger partial charge on any atom is 0.255 e. The third kappa shape index (κ3) is 5.23. The van der Waals surface area contributed by atoms with Crippen LogP contribution >= 0.6 is 12.4 Å². The van der Waals surface area contributed by atoms with Crippen LogP contribution in [-0.2, 0) is 4.79 Å². The van der Waals surface area contributed by atoms with Crippen LogP contribution in [0.4, 0.5) is 0 Å². The van der Waals surface area contributed by atoms with Gasteiger partial charge in [-0.1, -0.05) is 24.3 Å². The summed E-state index contributed by atoms with van der Waals surface area (Å²) in [7, 11) is 0. The molecule has 1 saturated heterocycles. The SMILES string of the molecule is C[C@H]1CNC(=O)[C@]2(C/C=C/COc3ccccc3C(=O)N1)CCCNC2.Cl. The highest BCUT2D eigenvalue weighted by atomic mass is 35.5. The quantitative estimate of drug-likeness (QED) is 0.589. The molecule has 0 radical (unpaired) electrons. The van der Waals surface area contributed by atoms with E-state index < -0.39 is 5.41 Å². The Labute approximate surface area is 166 Å². The summed E-state index contributed by atoms with van der Waals surface area (Å²) in [5.74, 6) is 0.420. The Morgan fingerprint density at radius 2 is 2.00 bits per heavy atom. The molecule has 0 aliphatic carbocycles. The van der Waals surface area contributed by atoms with E-state index in [2.05, 4.69) is 16.0 Å². The summed E-state index contributed by atoms with van der Waals surface area (Å²) in [6, 6.07) is 7.03. The van der Waals surface area contributed by atoms with Gasteiger partial charge in [-0.3, -0.25) is 9.59 Å². The monoisotopic (exact) mass is 393 g/mol. The number of piperidine rings is 1. The first-order valence-electron chi connectivity index (χ1n) is 9.27. The van der Waals surface area contributed by atoms with Crippen molar-refractivity contribution < 1.29 is 14.3 Å². The molecule has 3 rings (SSSR count). The largest absolute Gasteiger partial charge is 0.489 e. The molecule has 1 aromatic carbocycles. The van der Waals surface area contributed by atoms with E-state index in [1.165, 1.54) is 0 Å². The van der Waals surface area contributed by atoms with Crippen LogP contribution in [0.5, 0.6) is 5.75 Å². The lowest BCUT2D eigenvalue weighted by molar-refractivity contribution is -0.132. The van der Waals surface area contributed by atoms with Gasteiger partial charge < -0.3 is 20.7 Å². The number of para-hydroxylation sites is 1. The highest BCUT2D eigenvalue weighted by Crippen LogP contribution is 2.31. The van der Waals surface area contributed by atoms with E-state index in [9.17, 15) is 9.59 Å². The van der Waals surface area contributed by atoms with Gasteiger partial charge in [-0.2, -0.15) is 0 Å². The first-order valence-corrected chi connectivity index (χ1v) is 9.27. The maximum atomic E-state index is 12.9. The zero-order chi connectivity index (χ0) is 18.4. The van der Waals surface area contributed by atoms with Gasteiger partial charge in [0.1, 0.15) is 12.4 Å². The molecule has 2 aliphatic rings. The molecule has 0 unspecified atom stereocenters. The van der Waals surface area contributed by atoms with Crippen molar-refractivity contribution in [3.8, 4) is 5.75 Å². The Morgan fingerprint density at radius 1 is 1.19 bits per heavy atom. The highest BCUT2D eigenvalue weighted by Gasteiger charge is 2.38. The molecule has 2 amide bonds. The van der Waals surface area contributed by atoms with Crippen LogP contribution in [0.3, 0.4) is 0 Å². The Kier molecular flexibility index (Phi) is 7.68. The predicted molar refractivity (Wildman–Crippen MR) is 107 cm³/mol. The lowest BCUT2D eigenvalue weighted by Crippen LogP contribution is -2.52. The van der Waals surface area contributed by atoms with E-state index >= 15 is 0 Å². The standard InChI is InChI=1S/C20H27N3O3.ClH/c1-15-13-22-19(25)20(10-6-11-21-14-20)9-4-5-12-26-17-8-3-2-7-16(17)18(24)23-15;/h2-5,7-8,15,21H,6,9-14H2,1H3,(H,22,25)(H,23,24);1H/b5-4+;/t15-,20+;/m0./s1. The summed E-state index contributed by atoms with van der Waals surface area (Å²) < 4.78 is 5.78. The molecule has 27 heavy (non-hydrogen) atoms. The van der Waals surface area contributed by atoms with Gasteiger partial charge in [-0.25, -0.2) is 0 Å². The molecule has 1 spiro atoms.